The lowest BCUT2D eigenvalue weighted by atomic mass is 10.3. The molecule has 98 valence electrons. The molecule has 0 aliphatic heterocycles. The molecule has 1 amide bonds. The molecular formula is C11H14N2O4S. The van der Waals surface area contributed by atoms with E-state index in [0.29, 0.717) is 13.2 Å². The molecule has 6 nitrogen and oxygen atoms in total. The van der Waals surface area contributed by atoms with Crippen LogP contribution < -0.4 is 5.32 Å². The lowest BCUT2D eigenvalue weighted by molar-refractivity contribution is -0.384. The zero-order valence-corrected chi connectivity index (χ0v) is 10.7. The van der Waals surface area contributed by atoms with Gasteiger partial charge in [0.05, 0.1) is 17.3 Å². The van der Waals surface area contributed by atoms with E-state index in [2.05, 4.69) is 5.32 Å². The van der Waals surface area contributed by atoms with Crippen LogP contribution in [0, 0.1) is 10.1 Å². The van der Waals surface area contributed by atoms with E-state index in [4.69, 9.17) is 4.74 Å². The fraction of sp³-hybridized carbons (Fsp3) is 0.364. The number of carbonyl (C=O) groups excluding carboxylic acids is 1. The van der Waals surface area contributed by atoms with Gasteiger partial charge in [0.2, 0.25) is 5.91 Å². The lowest BCUT2D eigenvalue weighted by Gasteiger charge is -2.04. The highest BCUT2D eigenvalue weighted by Crippen LogP contribution is 2.20. The van der Waals surface area contributed by atoms with E-state index in [0.717, 1.165) is 4.90 Å². The van der Waals surface area contributed by atoms with Gasteiger partial charge in [-0.05, 0) is 12.1 Å². The summed E-state index contributed by atoms with van der Waals surface area (Å²) in [5.74, 6) is 0.192. The predicted octanol–water partition coefficient (Wildman–Crippen LogP) is 1.45. The molecule has 1 rings (SSSR count). The number of amides is 1. The Kier molecular flexibility index (Phi) is 6.16. The highest BCUT2D eigenvalue weighted by atomic mass is 32.2. The number of carbonyl (C=O) groups is 1. The van der Waals surface area contributed by atoms with Crippen molar-refractivity contribution in [2.75, 3.05) is 26.0 Å². The molecule has 1 aromatic carbocycles. The quantitative estimate of drug-likeness (QED) is 0.351. The molecule has 0 atom stereocenters. The summed E-state index contributed by atoms with van der Waals surface area (Å²) < 4.78 is 4.81. The van der Waals surface area contributed by atoms with E-state index in [1.807, 2.05) is 0 Å². The van der Waals surface area contributed by atoms with Crippen molar-refractivity contribution < 1.29 is 14.5 Å². The van der Waals surface area contributed by atoms with Crippen LogP contribution in [0.15, 0.2) is 29.2 Å². The summed E-state index contributed by atoms with van der Waals surface area (Å²) in [6.07, 6.45) is 0. The van der Waals surface area contributed by atoms with E-state index in [1.54, 1.807) is 19.2 Å². The molecule has 18 heavy (non-hydrogen) atoms. The molecule has 0 spiro atoms. The molecule has 0 aliphatic rings. The van der Waals surface area contributed by atoms with E-state index in [1.165, 1.54) is 23.9 Å². The van der Waals surface area contributed by atoms with Crippen LogP contribution >= 0.6 is 11.8 Å². The third-order valence-corrected chi connectivity index (χ3v) is 3.06. The maximum absolute atomic E-state index is 11.4. The third-order valence-electron chi connectivity index (χ3n) is 2.05. The number of benzene rings is 1. The minimum Gasteiger partial charge on any atom is -0.383 e. The van der Waals surface area contributed by atoms with Gasteiger partial charge in [0.1, 0.15) is 0 Å². The molecule has 7 heteroatoms. The Morgan fingerprint density at radius 1 is 1.44 bits per heavy atom. The second-order valence-corrected chi connectivity index (χ2v) is 4.43. The number of nitro groups is 1. The molecule has 0 saturated carbocycles. The van der Waals surface area contributed by atoms with Crippen LogP contribution in [0.1, 0.15) is 0 Å². The largest absolute Gasteiger partial charge is 0.383 e. The van der Waals surface area contributed by atoms with E-state index < -0.39 is 4.92 Å². The molecule has 0 fully saturated rings. The number of methoxy groups -OCH3 is 1. The second kappa shape index (κ2) is 7.67. The highest BCUT2D eigenvalue weighted by molar-refractivity contribution is 8.00. The minimum atomic E-state index is -0.452. The zero-order chi connectivity index (χ0) is 13.4. The van der Waals surface area contributed by atoms with Crippen LogP contribution in [0.3, 0.4) is 0 Å². The number of hydrogen-bond acceptors (Lipinski definition) is 5. The van der Waals surface area contributed by atoms with Crippen molar-refractivity contribution in [2.45, 2.75) is 4.90 Å². The number of nitrogens with zero attached hydrogens (tertiary/aromatic N) is 1. The number of thioether (sulfide) groups is 1. The summed E-state index contributed by atoms with van der Waals surface area (Å²) in [6.45, 7) is 0.962. The van der Waals surface area contributed by atoms with Gasteiger partial charge in [-0.1, -0.05) is 0 Å². The van der Waals surface area contributed by atoms with Crippen molar-refractivity contribution in [1.82, 2.24) is 5.32 Å². The van der Waals surface area contributed by atoms with Crippen molar-refractivity contribution in [1.29, 1.82) is 0 Å². The van der Waals surface area contributed by atoms with Gasteiger partial charge in [-0.2, -0.15) is 0 Å². The standard InChI is InChI=1S/C11H14N2O4S/c1-17-7-6-12-11(14)8-18-10-4-2-9(3-5-10)13(15)16/h2-5H,6-8H2,1H3,(H,12,14). The number of rotatable bonds is 7. The van der Waals surface area contributed by atoms with E-state index in [9.17, 15) is 14.9 Å². The fourth-order valence-corrected chi connectivity index (χ4v) is 1.88. The Bertz CT molecular complexity index is 408. The molecule has 0 aliphatic carbocycles. The smallest absolute Gasteiger partial charge is 0.269 e. The number of nitro benzene ring substituents is 1. The summed E-state index contributed by atoms with van der Waals surface area (Å²) in [5, 5.41) is 13.1. The number of hydrogen-bond donors (Lipinski definition) is 1. The van der Waals surface area contributed by atoms with Crippen LogP contribution in [0.4, 0.5) is 5.69 Å². The molecule has 0 radical (unpaired) electrons. The topological polar surface area (TPSA) is 81.5 Å². The number of non-ortho nitro benzene ring substituents is 1. The minimum absolute atomic E-state index is 0.0453. The maximum atomic E-state index is 11.4. The first-order valence-electron chi connectivity index (χ1n) is 5.26. The molecule has 1 aromatic rings. The van der Waals surface area contributed by atoms with Crippen molar-refractivity contribution >= 4 is 23.4 Å². The van der Waals surface area contributed by atoms with Gasteiger partial charge in [-0.25, -0.2) is 0 Å². The van der Waals surface area contributed by atoms with Gasteiger partial charge >= 0.3 is 0 Å². The van der Waals surface area contributed by atoms with Gasteiger partial charge in [-0.15, -0.1) is 11.8 Å². The molecule has 1 N–H and O–H groups in total. The summed E-state index contributed by atoms with van der Waals surface area (Å²) in [7, 11) is 1.57. The van der Waals surface area contributed by atoms with Crippen LogP contribution in [0.5, 0.6) is 0 Å². The van der Waals surface area contributed by atoms with Gasteiger partial charge in [0.15, 0.2) is 0 Å². The SMILES string of the molecule is COCCNC(=O)CSc1ccc([N+](=O)[O-])cc1. The molecule has 0 saturated heterocycles. The first-order valence-corrected chi connectivity index (χ1v) is 6.25. The molecule has 0 bridgehead atoms. The molecule has 0 unspecified atom stereocenters. The average Bonchev–Trinajstić information content (AvgIpc) is 2.37. The first-order chi connectivity index (χ1) is 8.63. The van der Waals surface area contributed by atoms with Crippen molar-refractivity contribution in [3.05, 3.63) is 34.4 Å². The van der Waals surface area contributed by atoms with E-state index in [-0.39, 0.29) is 17.3 Å². The zero-order valence-electron chi connectivity index (χ0n) is 9.92. The lowest BCUT2D eigenvalue weighted by Crippen LogP contribution is -2.28. The Labute approximate surface area is 109 Å². The Hall–Kier alpha value is -1.60. The Morgan fingerprint density at radius 3 is 2.67 bits per heavy atom. The summed E-state index contributed by atoms with van der Waals surface area (Å²) in [6, 6.07) is 6.10. The van der Waals surface area contributed by atoms with E-state index >= 15 is 0 Å². The van der Waals surface area contributed by atoms with Gasteiger partial charge in [0.25, 0.3) is 5.69 Å². The first kappa shape index (κ1) is 14.5. The maximum Gasteiger partial charge on any atom is 0.269 e. The summed E-state index contributed by atoms with van der Waals surface area (Å²) in [4.78, 5) is 22.2. The number of nitrogens with one attached hydrogen (secondary N) is 1. The van der Waals surface area contributed by atoms with Gasteiger partial charge in [-0.3, -0.25) is 14.9 Å². The highest BCUT2D eigenvalue weighted by Gasteiger charge is 2.06. The summed E-state index contributed by atoms with van der Waals surface area (Å²) >= 11 is 1.33. The number of ether oxygens (including phenoxy) is 1. The van der Waals surface area contributed by atoms with Crippen molar-refractivity contribution in [2.24, 2.45) is 0 Å². The van der Waals surface area contributed by atoms with Gasteiger partial charge in [0, 0.05) is 30.7 Å². The third kappa shape index (κ3) is 5.15. The van der Waals surface area contributed by atoms with Crippen LogP contribution in [-0.2, 0) is 9.53 Å². The monoisotopic (exact) mass is 270 g/mol. The Balaban J connectivity index is 2.34. The normalized spacial score (nSPS) is 10.1. The van der Waals surface area contributed by atoms with Crippen molar-refractivity contribution in [3.8, 4) is 0 Å². The summed E-state index contributed by atoms with van der Waals surface area (Å²) in [5.41, 5.74) is 0.0453. The second-order valence-electron chi connectivity index (χ2n) is 3.38. The van der Waals surface area contributed by atoms with Crippen LogP contribution in [-0.4, -0.2) is 36.8 Å². The molecule has 0 heterocycles. The predicted molar refractivity (Wildman–Crippen MR) is 68.7 cm³/mol. The van der Waals surface area contributed by atoms with Crippen LogP contribution in [0.25, 0.3) is 0 Å². The Morgan fingerprint density at radius 2 is 2.11 bits per heavy atom. The van der Waals surface area contributed by atoms with Gasteiger partial charge < -0.3 is 10.1 Å². The van der Waals surface area contributed by atoms with Crippen molar-refractivity contribution in [3.63, 3.8) is 0 Å². The fourth-order valence-electron chi connectivity index (χ4n) is 1.16. The molecule has 0 aromatic heterocycles. The average molecular weight is 270 g/mol. The van der Waals surface area contributed by atoms with Crippen LogP contribution in [0.2, 0.25) is 0 Å². The molecular weight excluding hydrogens is 256 g/mol.